The summed E-state index contributed by atoms with van der Waals surface area (Å²) in [7, 11) is 0. The first kappa shape index (κ1) is 20.9. The summed E-state index contributed by atoms with van der Waals surface area (Å²) in [4.78, 5) is 37.6. The average Bonchev–Trinajstić information content (AvgIpc) is 2.91. The molecule has 2 rings (SSSR count). The maximum Gasteiger partial charge on any atom is 0.338 e. The Bertz CT molecular complexity index is 634. The quantitative estimate of drug-likeness (QED) is 0.586. The number of anilines is 1. The number of carbonyl (C=O) groups is 3. The van der Waals surface area contributed by atoms with Crippen LogP contribution >= 0.6 is 0 Å². The van der Waals surface area contributed by atoms with Crippen LogP contribution in [-0.4, -0.2) is 37.0 Å². The van der Waals surface area contributed by atoms with Crippen molar-refractivity contribution in [1.29, 1.82) is 0 Å². The van der Waals surface area contributed by atoms with Gasteiger partial charge in [-0.25, -0.2) is 4.79 Å². The molecule has 1 N–H and O–H groups in total. The Kier molecular flexibility index (Phi) is 8.30. The summed E-state index contributed by atoms with van der Waals surface area (Å²) in [6, 6.07) is 6.94. The van der Waals surface area contributed by atoms with Gasteiger partial charge in [0, 0.05) is 31.6 Å². The van der Waals surface area contributed by atoms with Gasteiger partial charge >= 0.3 is 5.97 Å². The molecular weight excluding hydrogens is 344 g/mol. The van der Waals surface area contributed by atoms with Crippen molar-refractivity contribution < 1.29 is 19.1 Å². The highest BCUT2D eigenvalue weighted by molar-refractivity contribution is 5.94. The molecule has 6 heteroatoms. The summed E-state index contributed by atoms with van der Waals surface area (Å²) in [5.41, 5.74) is 1.10. The molecule has 0 saturated heterocycles. The van der Waals surface area contributed by atoms with Crippen molar-refractivity contribution in [2.24, 2.45) is 0 Å². The Morgan fingerprint density at radius 1 is 1.07 bits per heavy atom. The van der Waals surface area contributed by atoms with E-state index in [9.17, 15) is 14.4 Å². The van der Waals surface area contributed by atoms with Crippen molar-refractivity contribution in [3.63, 3.8) is 0 Å². The van der Waals surface area contributed by atoms with E-state index in [2.05, 4.69) is 5.32 Å². The molecule has 1 aromatic rings. The monoisotopic (exact) mass is 374 g/mol. The van der Waals surface area contributed by atoms with Gasteiger partial charge in [-0.3, -0.25) is 9.59 Å². The van der Waals surface area contributed by atoms with Crippen LogP contribution in [0.2, 0.25) is 0 Å². The normalized spacial score (nSPS) is 14.9. The second kappa shape index (κ2) is 10.7. The molecule has 0 atom stereocenters. The fraction of sp³-hybridized carbons (Fsp3) is 0.571. The summed E-state index contributed by atoms with van der Waals surface area (Å²) in [5.74, 6) is -0.543. The summed E-state index contributed by atoms with van der Waals surface area (Å²) in [5, 5.41) is 3.10. The minimum atomic E-state index is -0.388. The van der Waals surface area contributed by atoms with Crippen LogP contribution < -0.4 is 10.2 Å². The molecule has 27 heavy (non-hydrogen) atoms. The number of ether oxygens (including phenoxy) is 1. The second-order valence-corrected chi connectivity index (χ2v) is 6.94. The Labute approximate surface area is 161 Å². The summed E-state index contributed by atoms with van der Waals surface area (Å²) < 4.78 is 4.96. The maximum absolute atomic E-state index is 12.3. The third-order valence-electron chi connectivity index (χ3n) is 4.85. The molecule has 0 aromatic heterocycles. The van der Waals surface area contributed by atoms with Crippen LogP contribution in [-0.2, 0) is 14.3 Å². The Morgan fingerprint density at radius 3 is 2.26 bits per heavy atom. The molecular formula is C21H30N2O4. The molecule has 1 aromatic carbocycles. The molecule has 0 aliphatic heterocycles. The average molecular weight is 374 g/mol. The number of benzene rings is 1. The molecule has 148 valence electrons. The van der Waals surface area contributed by atoms with Crippen LogP contribution in [0, 0.1) is 0 Å². The highest BCUT2D eigenvalue weighted by Gasteiger charge is 2.17. The van der Waals surface area contributed by atoms with Gasteiger partial charge in [-0.05, 0) is 44.0 Å². The number of nitrogens with zero attached hydrogens (tertiary/aromatic N) is 1. The van der Waals surface area contributed by atoms with E-state index in [0.29, 0.717) is 24.4 Å². The number of hydrogen-bond donors (Lipinski definition) is 1. The zero-order valence-electron chi connectivity index (χ0n) is 16.3. The van der Waals surface area contributed by atoms with Crippen LogP contribution in [0.1, 0.15) is 69.2 Å². The third-order valence-corrected chi connectivity index (χ3v) is 4.85. The van der Waals surface area contributed by atoms with Gasteiger partial charge < -0.3 is 15.0 Å². The molecule has 1 fully saturated rings. The van der Waals surface area contributed by atoms with Crippen molar-refractivity contribution in [2.75, 3.05) is 18.1 Å². The van der Waals surface area contributed by atoms with Gasteiger partial charge in [0.2, 0.25) is 11.8 Å². The van der Waals surface area contributed by atoms with E-state index >= 15 is 0 Å². The van der Waals surface area contributed by atoms with Gasteiger partial charge in [-0.1, -0.05) is 25.7 Å². The van der Waals surface area contributed by atoms with Crippen LogP contribution in [0.3, 0.4) is 0 Å². The summed E-state index contributed by atoms with van der Waals surface area (Å²) >= 11 is 0. The van der Waals surface area contributed by atoms with Crippen LogP contribution in [0.15, 0.2) is 24.3 Å². The summed E-state index contributed by atoms with van der Waals surface area (Å²) in [6.45, 7) is 3.86. The van der Waals surface area contributed by atoms with Crippen LogP contribution in [0.25, 0.3) is 0 Å². The highest BCUT2D eigenvalue weighted by Crippen LogP contribution is 2.18. The first-order valence-corrected chi connectivity index (χ1v) is 9.86. The number of carbonyl (C=O) groups excluding carboxylic acids is 3. The lowest BCUT2D eigenvalue weighted by Gasteiger charge is -2.22. The fourth-order valence-electron chi connectivity index (χ4n) is 3.40. The lowest BCUT2D eigenvalue weighted by molar-refractivity contribution is -0.121. The standard InChI is InChI=1S/C21H30N2O4/c1-3-27-21(26)17-10-12-19(13-11-17)23(16(2)24)15-14-20(25)22-18-8-6-4-5-7-9-18/h10-13,18H,3-9,14-15H2,1-2H3,(H,22,25). The number of rotatable bonds is 7. The molecule has 1 saturated carbocycles. The van der Waals surface area contributed by atoms with Gasteiger partial charge in [0.25, 0.3) is 0 Å². The molecule has 6 nitrogen and oxygen atoms in total. The highest BCUT2D eigenvalue weighted by atomic mass is 16.5. The zero-order valence-corrected chi connectivity index (χ0v) is 16.3. The van der Waals surface area contributed by atoms with E-state index in [1.54, 1.807) is 36.1 Å². The largest absolute Gasteiger partial charge is 0.462 e. The van der Waals surface area contributed by atoms with Gasteiger partial charge in [-0.2, -0.15) is 0 Å². The number of amides is 2. The topological polar surface area (TPSA) is 75.7 Å². The van der Waals surface area contributed by atoms with Crippen LogP contribution in [0.5, 0.6) is 0 Å². The Balaban J connectivity index is 1.91. The zero-order chi connectivity index (χ0) is 19.6. The molecule has 0 heterocycles. The lowest BCUT2D eigenvalue weighted by Crippen LogP contribution is -2.38. The minimum Gasteiger partial charge on any atom is -0.462 e. The second-order valence-electron chi connectivity index (χ2n) is 6.94. The number of esters is 1. The van der Waals surface area contributed by atoms with Crippen molar-refractivity contribution in [2.45, 2.75) is 64.8 Å². The molecule has 1 aliphatic rings. The van der Waals surface area contributed by atoms with Crippen molar-refractivity contribution in [3.05, 3.63) is 29.8 Å². The van der Waals surface area contributed by atoms with Crippen molar-refractivity contribution in [1.82, 2.24) is 5.32 Å². The predicted molar refractivity (Wildman–Crippen MR) is 105 cm³/mol. The number of hydrogen-bond acceptors (Lipinski definition) is 4. The van der Waals surface area contributed by atoms with E-state index < -0.39 is 0 Å². The van der Waals surface area contributed by atoms with Gasteiger partial charge in [0.05, 0.1) is 12.2 Å². The van der Waals surface area contributed by atoms with E-state index in [1.807, 2.05) is 0 Å². The van der Waals surface area contributed by atoms with E-state index in [0.717, 1.165) is 25.7 Å². The third kappa shape index (κ3) is 6.70. The van der Waals surface area contributed by atoms with Crippen molar-refractivity contribution in [3.8, 4) is 0 Å². The molecule has 0 radical (unpaired) electrons. The Morgan fingerprint density at radius 2 is 1.70 bits per heavy atom. The van der Waals surface area contributed by atoms with E-state index in [1.165, 1.54) is 19.8 Å². The van der Waals surface area contributed by atoms with E-state index in [-0.39, 0.29) is 30.2 Å². The smallest absolute Gasteiger partial charge is 0.338 e. The fourth-order valence-corrected chi connectivity index (χ4v) is 3.40. The first-order chi connectivity index (χ1) is 13.0. The summed E-state index contributed by atoms with van der Waals surface area (Å²) in [6.07, 6.45) is 7.15. The van der Waals surface area contributed by atoms with Gasteiger partial charge in [-0.15, -0.1) is 0 Å². The Hall–Kier alpha value is -2.37. The molecule has 0 spiro atoms. The van der Waals surface area contributed by atoms with Crippen molar-refractivity contribution >= 4 is 23.5 Å². The van der Waals surface area contributed by atoms with Gasteiger partial charge in [0.1, 0.15) is 0 Å². The molecule has 2 amide bonds. The van der Waals surface area contributed by atoms with E-state index in [4.69, 9.17) is 4.74 Å². The lowest BCUT2D eigenvalue weighted by atomic mass is 10.1. The molecule has 1 aliphatic carbocycles. The number of nitrogens with one attached hydrogen (secondary N) is 1. The minimum absolute atomic E-state index is 0.0173. The molecule has 0 bridgehead atoms. The van der Waals surface area contributed by atoms with Crippen LogP contribution in [0.4, 0.5) is 5.69 Å². The maximum atomic E-state index is 12.3. The first-order valence-electron chi connectivity index (χ1n) is 9.86. The molecule has 0 unspecified atom stereocenters. The van der Waals surface area contributed by atoms with Gasteiger partial charge in [0.15, 0.2) is 0 Å². The SMILES string of the molecule is CCOC(=O)c1ccc(N(CCC(=O)NC2CCCCCC2)C(C)=O)cc1. The predicted octanol–water partition coefficient (Wildman–Crippen LogP) is 3.45.